The molecular weight excluding hydrogens is 220 g/mol. The Balaban J connectivity index is 2.47. The van der Waals surface area contributed by atoms with Crippen molar-refractivity contribution in [3.05, 3.63) is 18.2 Å². The maximum Gasteiger partial charge on any atom is 0.121 e. The van der Waals surface area contributed by atoms with Gasteiger partial charge in [-0.05, 0) is 19.1 Å². The fourth-order valence-corrected chi connectivity index (χ4v) is 2.23. The van der Waals surface area contributed by atoms with Crippen molar-refractivity contribution in [2.75, 3.05) is 24.4 Å². The summed E-state index contributed by atoms with van der Waals surface area (Å²) in [6, 6.07) is 6.38. The van der Waals surface area contributed by atoms with Crippen LogP contribution in [0.1, 0.15) is 13.3 Å². The van der Waals surface area contributed by atoms with E-state index in [-0.39, 0.29) is 0 Å². The molecule has 1 aromatic rings. The lowest BCUT2D eigenvalue weighted by Crippen LogP contribution is -2.29. The molecule has 0 saturated carbocycles. The fourth-order valence-electron chi connectivity index (χ4n) is 1.88. The van der Waals surface area contributed by atoms with Gasteiger partial charge in [0.25, 0.3) is 0 Å². The minimum Gasteiger partial charge on any atom is -0.497 e. The fraction of sp³-hybridized carbons (Fsp3) is 0.417. The molecule has 1 aromatic carbocycles. The van der Waals surface area contributed by atoms with E-state index in [0.29, 0.717) is 6.04 Å². The predicted molar refractivity (Wildman–Crippen MR) is 71.7 cm³/mol. The Bertz CT molecular complexity index is 419. The van der Waals surface area contributed by atoms with Crippen LogP contribution in [0.3, 0.4) is 0 Å². The third kappa shape index (κ3) is 1.97. The number of hydrogen-bond acceptors (Lipinski definition) is 3. The van der Waals surface area contributed by atoms with Crippen LogP contribution in [0.15, 0.2) is 18.2 Å². The first-order valence-electron chi connectivity index (χ1n) is 5.32. The van der Waals surface area contributed by atoms with Crippen LogP contribution in [0.4, 0.5) is 11.4 Å². The van der Waals surface area contributed by atoms with Crippen molar-refractivity contribution in [2.24, 2.45) is 0 Å². The first-order chi connectivity index (χ1) is 7.61. The highest BCUT2D eigenvalue weighted by molar-refractivity contribution is 7.80. The first kappa shape index (κ1) is 11.2. The SMILES string of the molecule is COc1ccc2c(c1)N(C)C(C)CC(=S)N2. The highest BCUT2D eigenvalue weighted by Crippen LogP contribution is 2.33. The molecule has 86 valence electrons. The number of thiocarbonyl (C=S) groups is 1. The number of methoxy groups -OCH3 is 1. The Hall–Kier alpha value is -1.29. The molecule has 0 aromatic heterocycles. The summed E-state index contributed by atoms with van der Waals surface area (Å²) in [5.74, 6) is 0.868. The van der Waals surface area contributed by atoms with E-state index in [1.54, 1.807) is 7.11 Å². The molecule has 0 radical (unpaired) electrons. The van der Waals surface area contributed by atoms with Gasteiger partial charge in [0.1, 0.15) is 5.75 Å². The van der Waals surface area contributed by atoms with Crippen LogP contribution in [0.5, 0.6) is 5.75 Å². The number of hydrogen-bond donors (Lipinski definition) is 1. The summed E-state index contributed by atoms with van der Waals surface area (Å²) >= 11 is 5.29. The second-order valence-electron chi connectivity index (χ2n) is 4.10. The summed E-state index contributed by atoms with van der Waals surface area (Å²) in [5.41, 5.74) is 2.18. The van der Waals surface area contributed by atoms with E-state index in [1.807, 2.05) is 18.2 Å². The van der Waals surface area contributed by atoms with Gasteiger partial charge in [-0.3, -0.25) is 0 Å². The van der Waals surface area contributed by atoms with Crippen molar-refractivity contribution < 1.29 is 4.74 Å². The Labute approximate surface area is 101 Å². The summed E-state index contributed by atoms with van der Waals surface area (Å²) in [5, 5.41) is 3.27. The van der Waals surface area contributed by atoms with Gasteiger partial charge in [-0.25, -0.2) is 0 Å². The zero-order valence-corrected chi connectivity index (χ0v) is 10.6. The lowest BCUT2D eigenvalue weighted by Gasteiger charge is -2.25. The molecule has 4 heteroatoms. The normalized spacial score (nSPS) is 19.8. The topological polar surface area (TPSA) is 24.5 Å². The second-order valence-corrected chi connectivity index (χ2v) is 4.59. The third-order valence-corrected chi connectivity index (χ3v) is 3.27. The standard InChI is InChI=1S/C12H16N2OS/c1-8-6-12(16)13-10-5-4-9(15-3)7-11(10)14(8)2/h4-5,7-8H,6H2,1-3H3,(H,13,16). The molecule has 0 aliphatic carbocycles. The minimum absolute atomic E-state index is 0.397. The van der Waals surface area contributed by atoms with Crippen molar-refractivity contribution in [3.8, 4) is 5.75 Å². The largest absolute Gasteiger partial charge is 0.497 e. The van der Waals surface area contributed by atoms with E-state index >= 15 is 0 Å². The summed E-state index contributed by atoms with van der Waals surface area (Å²) in [6.07, 6.45) is 0.878. The number of anilines is 2. The van der Waals surface area contributed by atoms with Crippen molar-refractivity contribution in [1.29, 1.82) is 0 Å². The molecule has 0 spiro atoms. The molecule has 0 saturated heterocycles. The Morgan fingerprint density at radius 1 is 1.50 bits per heavy atom. The predicted octanol–water partition coefficient (Wildman–Crippen LogP) is 2.66. The number of nitrogens with zero attached hydrogens (tertiary/aromatic N) is 1. The molecule has 1 atom stereocenters. The Morgan fingerprint density at radius 3 is 2.94 bits per heavy atom. The van der Waals surface area contributed by atoms with Crippen LogP contribution in [0.25, 0.3) is 0 Å². The van der Waals surface area contributed by atoms with Crippen LogP contribution in [-0.4, -0.2) is 25.2 Å². The minimum atomic E-state index is 0.397. The van der Waals surface area contributed by atoms with Gasteiger partial charge in [0.05, 0.1) is 23.5 Å². The maximum absolute atomic E-state index is 5.29. The van der Waals surface area contributed by atoms with Crippen LogP contribution < -0.4 is 15.0 Å². The Morgan fingerprint density at radius 2 is 2.25 bits per heavy atom. The molecule has 0 bridgehead atoms. The van der Waals surface area contributed by atoms with E-state index in [0.717, 1.165) is 28.5 Å². The first-order valence-corrected chi connectivity index (χ1v) is 5.73. The molecular formula is C12H16N2OS. The van der Waals surface area contributed by atoms with Gasteiger partial charge in [0, 0.05) is 25.6 Å². The zero-order valence-electron chi connectivity index (χ0n) is 9.78. The Kier molecular flexibility index (Phi) is 3.01. The van der Waals surface area contributed by atoms with Gasteiger partial charge in [0.2, 0.25) is 0 Å². The molecule has 1 aliphatic heterocycles. The zero-order chi connectivity index (χ0) is 11.7. The molecule has 3 nitrogen and oxygen atoms in total. The van der Waals surface area contributed by atoms with Crippen molar-refractivity contribution in [2.45, 2.75) is 19.4 Å². The third-order valence-electron chi connectivity index (χ3n) is 3.00. The van der Waals surface area contributed by atoms with Crippen molar-refractivity contribution >= 4 is 28.6 Å². The summed E-state index contributed by atoms with van der Waals surface area (Å²) in [6.45, 7) is 2.17. The molecule has 0 fully saturated rings. The lowest BCUT2D eigenvalue weighted by molar-refractivity contribution is 0.415. The van der Waals surface area contributed by atoms with Crippen LogP contribution >= 0.6 is 12.2 Å². The lowest BCUT2D eigenvalue weighted by atomic mass is 10.2. The van der Waals surface area contributed by atoms with Crippen molar-refractivity contribution in [3.63, 3.8) is 0 Å². The maximum atomic E-state index is 5.29. The van der Waals surface area contributed by atoms with Gasteiger partial charge in [-0.2, -0.15) is 0 Å². The number of nitrogens with one attached hydrogen (secondary N) is 1. The monoisotopic (exact) mass is 236 g/mol. The average molecular weight is 236 g/mol. The second kappa shape index (κ2) is 4.29. The van der Waals surface area contributed by atoms with E-state index in [4.69, 9.17) is 17.0 Å². The smallest absolute Gasteiger partial charge is 0.121 e. The number of fused-ring (bicyclic) bond motifs is 1. The van der Waals surface area contributed by atoms with E-state index in [1.165, 1.54) is 0 Å². The van der Waals surface area contributed by atoms with Gasteiger partial charge < -0.3 is 15.0 Å². The molecule has 16 heavy (non-hydrogen) atoms. The number of ether oxygens (including phenoxy) is 1. The summed E-state index contributed by atoms with van der Waals surface area (Å²) < 4.78 is 5.24. The number of benzene rings is 1. The molecule has 2 rings (SSSR count). The van der Waals surface area contributed by atoms with E-state index < -0.39 is 0 Å². The van der Waals surface area contributed by atoms with Gasteiger partial charge in [-0.1, -0.05) is 12.2 Å². The van der Waals surface area contributed by atoms with Gasteiger partial charge in [-0.15, -0.1) is 0 Å². The van der Waals surface area contributed by atoms with Crippen LogP contribution in [-0.2, 0) is 0 Å². The van der Waals surface area contributed by atoms with Crippen LogP contribution in [0.2, 0.25) is 0 Å². The summed E-state index contributed by atoms with van der Waals surface area (Å²) in [7, 11) is 3.76. The van der Waals surface area contributed by atoms with E-state index in [9.17, 15) is 0 Å². The molecule has 1 N–H and O–H groups in total. The molecule has 1 heterocycles. The molecule has 0 amide bonds. The highest BCUT2D eigenvalue weighted by Gasteiger charge is 2.20. The quantitative estimate of drug-likeness (QED) is 0.758. The average Bonchev–Trinajstić information content (AvgIpc) is 2.37. The van der Waals surface area contributed by atoms with Gasteiger partial charge in [0.15, 0.2) is 0 Å². The van der Waals surface area contributed by atoms with Crippen molar-refractivity contribution in [1.82, 2.24) is 0 Å². The number of rotatable bonds is 1. The summed E-state index contributed by atoms with van der Waals surface area (Å²) in [4.78, 5) is 3.12. The molecule has 1 unspecified atom stereocenters. The van der Waals surface area contributed by atoms with Gasteiger partial charge >= 0.3 is 0 Å². The van der Waals surface area contributed by atoms with Crippen LogP contribution in [0, 0.1) is 0 Å². The molecule has 1 aliphatic rings. The van der Waals surface area contributed by atoms with E-state index in [2.05, 4.69) is 24.2 Å². The highest BCUT2D eigenvalue weighted by atomic mass is 32.1.